The van der Waals surface area contributed by atoms with Gasteiger partial charge in [-0.3, -0.25) is 19.8 Å². The SMILES string of the molecule is O=C1CCC(Nc2ccc(N3CCN(CC4CCNCC4)CC3)c(C(F)(F)F)c2)C(=O)N1. The number of amides is 2. The van der Waals surface area contributed by atoms with Gasteiger partial charge >= 0.3 is 6.18 Å². The normalized spacial score (nSPS) is 23.8. The lowest BCUT2D eigenvalue weighted by Crippen LogP contribution is -2.49. The van der Waals surface area contributed by atoms with Crippen LogP contribution in [0.15, 0.2) is 18.2 Å². The molecule has 1 aromatic rings. The van der Waals surface area contributed by atoms with Gasteiger partial charge in [0, 0.05) is 50.5 Å². The maximum Gasteiger partial charge on any atom is 0.418 e. The summed E-state index contributed by atoms with van der Waals surface area (Å²) in [5, 5.41) is 8.42. The van der Waals surface area contributed by atoms with Crippen LogP contribution in [0.4, 0.5) is 24.5 Å². The quantitative estimate of drug-likeness (QED) is 0.593. The van der Waals surface area contributed by atoms with Gasteiger partial charge in [0.25, 0.3) is 0 Å². The highest BCUT2D eigenvalue weighted by Gasteiger charge is 2.36. The number of hydrogen-bond acceptors (Lipinski definition) is 6. The molecule has 3 heterocycles. The third kappa shape index (κ3) is 5.53. The minimum absolute atomic E-state index is 0.162. The molecule has 2 amide bonds. The van der Waals surface area contributed by atoms with Crippen LogP contribution in [0.2, 0.25) is 0 Å². The second-order valence-corrected chi connectivity index (χ2v) is 8.86. The number of piperazine rings is 1. The number of benzene rings is 1. The van der Waals surface area contributed by atoms with Crippen LogP contribution < -0.4 is 20.9 Å². The van der Waals surface area contributed by atoms with E-state index in [-0.39, 0.29) is 30.1 Å². The first kappa shape index (κ1) is 22.8. The number of hydrogen-bond donors (Lipinski definition) is 3. The zero-order valence-corrected chi connectivity index (χ0v) is 18.0. The Hall–Kier alpha value is -2.33. The summed E-state index contributed by atoms with van der Waals surface area (Å²) in [6.45, 7) is 5.69. The predicted octanol–water partition coefficient (Wildman–Crippen LogP) is 2.04. The Balaban J connectivity index is 1.42. The number of rotatable bonds is 5. The van der Waals surface area contributed by atoms with Crippen LogP contribution in [0, 0.1) is 5.92 Å². The lowest BCUT2D eigenvalue weighted by molar-refractivity contribution is -0.137. The summed E-state index contributed by atoms with van der Waals surface area (Å²) in [5.74, 6) is -0.214. The van der Waals surface area contributed by atoms with Gasteiger partial charge in [-0.25, -0.2) is 0 Å². The number of nitrogens with zero attached hydrogens (tertiary/aromatic N) is 2. The Bertz CT molecular complexity index is 833. The number of halogens is 3. The molecule has 10 heteroatoms. The van der Waals surface area contributed by atoms with E-state index in [1.54, 1.807) is 11.0 Å². The summed E-state index contributed by atoms with van der Waals surface area (Å²) in [7, 11) is 0. The number of carbonyl (C=O) groups excluding carboxylic acids is 2. The molecule has 3 N–H and O–H groups in total. The van der Waals surface area contributed by atoms with Gasteiger partial charge in [0.2, 0.25) is 11.8 Å². The highest BCUT2D eigenvalue weighted by Crippen LogP contribution is 2.39. The summed E-state index contributed by atoms with van der Waals surface area (Å²) < 4.78 is 41.6. The molecule has 3 aliphatic rings. The fraction of sp³-hybridized carbons (Fsp3) is 0.636. The van der Waals surface area contributed by atoms with Gasteiger partial charge in [-0.05, 0) is 56.5 Å². The van der Waals surface area contributed by atoms with Crippen molar-refractivity contribution in [3.8, 4) is 0 Å². The van der Waals surface area contributed by atoms with Crippen LogP contribution in [0.3, 0.4) is 0 Å². The van der Waals surface area contributed by atoms with E-state index in [0.29, 0.717) is 19.0 Å². The van der Waals surface area contributed by atoms with E-state index >= 15 is 0 Å². The summed E-state index contributed by atoms with van der Waals surface area (Å²) in [6, 6.07) is 3.41. The van der Waals surface area contributed by atoms with Gasteiger partial charge in [0.05, 0.1) is 5.56 Å². The first-order valence-electron chi connectivity index (χ1n) is 11.3. The molecule has 3 aliphatic heterocycles. The molecule has 1 unspecified atom stereocenters. The second kappa shape index (κ2) is 9.66. The van der Waals surface area contributed by atoms with Crippen molar-refractivity contribution in [2.75, 3.05) is 56.0 Å². The van der Waals surface area contributed by atoms with Crippen molar-refractivity contribution >= 4 is 23.2 Å². The minimum Gasteiger partial charge on any atom is -0.374 e. The standard InChI is InChI=1S/C22H30F3N5O2/c23-22(24,25)17-13-16(27-18-2-4-20(31)28-21(18)32)1-3-19(17)30-11-9-29(10-12-30)14-15-5-7-26-8-6-15/h1,3,13,15,18,26-27H,2,4-12,14H2,(H,28,31,32). The number of alkyl halides is 3. The van der Waals surface area contributed by atoms with E-state index < -0.39 is 23.7 Å². The van der Waals surface area contributed by atoms with Crippen LogP contribution in [0.1, 0.15) is 31.2 Å². The Morgan fingerprint density at radius 1 is 1.03 bits per heavy atom. The van der Waals surface area contributed by atoms with Crippen LogP contribution in [0.25, 0.3) is 0 Å². The van der Waals surface area contributed by atoms with Crippen molar-refractivity contribution in [1.82, 2.24) is 15.5 Å². The van der Waals surface area contributed by atoms with Crippen molar-refractivity contribution in [2.24, 2.45) is 5.92 Å². The molecular weight excluding hydrogens is 423 g/mol. The van der Waals surface area contributed by atoms with Crippen molar-refractivity contribution in [3.63, 3.8) is 0 Å². The molecule has 1 atom stereocenters. The molecule has 0 bridgehead atoms. The molecule has 0 aromatic heterocycles. The van der Waals surface area contributed by atoms with E-state index in [1.165, 1.54) is 6.07 Å². The molecule has 1 aromatic carbocycles. The third-order valence-corrected chi connectivity index (χ3v) is 6.57. The molecule has 7 nitrogen and oxygen atoms in total. The molecule has 32 heavy (non-hydrogen) atoms. The molecule has 176 valence electrons. The first-order valence-corrected chi connectivity index (χ1v) is 11.3. The van der Waals surface area contributed by atoms with Crippen molar-refractivity contribution in [1.29, 1.82) is 0 Å². The van der Waals surface area contributed by atoms with Gasteiger partial charge in [-0.1, -0.05) is 0 Å². The average molecular weight is 454 g/mol. The van der Waals surface area contributed by atoms with Crippen LogP contribution in [-0.4, -0.2) is 68.6 Å². The summed E-state index contributed by atoms with van der Waals surface area (Å²) in [4.78, 5) is 27.4. The number of piperidine rings is 2. The minimum atomic E-state index is -4.51. The largest absolute Gasteiger partial charge is 0.418 e. The fourth-order valence-corrected chi connectivity index (χ4v) is 4.76. The molecule has 0 saturated carbocycles. The molecule has 0 spiro atoms. The molecule has 0 radical (unpaired) electrons. The zero-order valence-electron chi connectivity index (χ0n) is 18.0. The highest BCUT2D eigenvalue weighted by atomic mass is 19.4. The summed E-state index contributed by atoms with van der Waals surface area (Å²) >= 11 is 0. The summed E-state index contributed by atoms with van der Waals surface area (Å²) in [6.07, 6.45) is -1.79. The maximum absolute atomic E-state index is 13.9. The van der Waals surface area contributed by atoms with Crippen molar-refractivity contribution in [3.05, 3.63) is 23.8 Å². The first-order chi connectivity index (χ1) is 15.3. The predicted molar refractivity (Wildman–Crippen MR) is 115 cm³/mol. The summed E-state index contributed by atoms with van der Waals surface area (Å²) in [5.41, 5.74) is -0.311. The van der Waals surface area contributed by atoms with E-state index in [4.69, 9.17) is 0 Å². The Kier molecular flexibility index (Phi) is 6.90. The lowest BCUT2D eigenvalue weighted by atomic mass is 9.97. The molecule has 0 aliphatic carbocycles. The molecular formula is C22H30F3N5O2. The van der Waals surface area contributed by atoms with Crippen LogP contribution in [-0.2, 0) is 15.8 Å². The van der Waals surface area contributed by atoms with Crippen LogP contribution in [0.5, 0.6) is 0 Å². The Labute approximate surface area is 185 Å². The van der Waals surface area contributed by atoms with E-state index in [9.17, 15) is 22.8 Å². The van der Waals surface area contributed by atoms with Gasteiger partial charge < -0.3 is 15.5 Å². The van der Waals surface area contributed by atoms with Crippen molar-refractivity contribution < 1.29 is 22.8 Å². The van der Waals surface area contributed by atoms with Gasteiger partial charge in [-0.2, -0.15) is 13.2 Å². The van der Waals surface area contributed by atoms with Crippen LogP contribution >= 0.6 is 0 Å². The Morgan fingerprint density at radius 2 is 1.75 bits per heavy atom. The number of anilines is 2. The van der Waals surface area contributed by atoms with Gasteiger partial charge in [0.1, 0.15) is 6.04 Å². The fourth-order valence-electron chi connectivity index (χ4n) is 4.76. The topological polar surface area (TPSA) is 76.7 Å². The average Bonchev–Trinajstić information content (AvgIpc) is 2.76. The molecule has 3 fully saturated rings. The zero-order chi connectivity index (χ0) is 22.7. The smallest absolute Gasteiger partial charge is 0.374 e. The maximum atomic E-state index is 13.9. The number of imide groups is 1. The number of nitrogens with one attached hydrogen (secondary N) is 3. The van der Waals surface area contributed by atoms with E-state index in [1.807, 2.05) is 0 Å². The van der Waals surface area contributed by atoms with Crippen molar-refractivity contribution in [2.45, 2.75) is 37.9 Å². The number of carbonyl (C=O) groups is 2. The van der Waals surface area contributed by atoms with E-state index in [0.717, 1.165) is 51.6 Å². The lowest BCUT2D eigenvalue weighted by Gasteiger charge is -2.39. The van der Waals surface area contributed by atoms with Gasteiger partial charge in [-0.15, -0.1) is 0 Å². The second-order valence-electron chi connectivity index (χ2n) is 8.86. The molecule has 4 rings (SSSR count). The monoisotopic (exact) mass is 453 g/mol. The highest BCUT2D eigenvalue weighted by molar-refractivity contribution is 6.01. The third-order valence-electron chi connectivity index (χ3n) is 6.57. The Morgan fingerprint density at radius 3 is 2.41 bits per heavy atom. The molecule has 3 saturated heterocycles. The van der Waals surface area contributed by atoms with Gasteiger partial charge in [0.15, 0.2) is 0 Å². The van der Waals surface area contributed by atoms with E-state index in [2.05, 4.69) is 20.9 Å².